The molecule has 0 heterocycles. The smallest absolute Gasteiger partial charge is 0.411 e. The molecule has 282 valence electrons. The van der Waals surface area contributed by atoms with Crippen LogP contribution in [0.2, 0.25) is 0 Å². The van der Waals surface area contributed by atoms with Crippen LogP contribution in [0.4, 0.5) is 26.7 Å². The molecule has 0 aromatic heterocycles. The Labute approximate surface area is 317 Å². The summed E-state index contributed by atoms with van der Waals surface area (Å²) in [4.78, 5) is 43.3. The quantitative estimate of drug-likeness (QED) is 0.0356. The molecule has 0 fully saturated rings. The predicted molar refractivity (Wildman–Crippen MR) is 196 cm³/mol. The molecule has 0 bridgehead atoms. The van der Waals surface area contributed by atoms with E-state index < -0.39 is 76.7 Å². The van der Waals surface area contributed by atoms with Crippen molar-refractivity contribution in [2.24, 2.45) is 5.73 Å². The Morgan fingerprint density at radius 3 is 1.41 bits per heavy atom. The molecule has 0 aliphatic heterocycles. The lowest BCUT2D eigenvalue weighted by Crippen LogP contribution is -2.60. The number of hydrogen-bond donors (Lipinski definition) is 1. The van der Waals surface area contributed by atoms with E-state index in [1.807, 2.05) is 48.5 Å². The molecule has 7 nitrogen and oxygen atoms in total. The third-order valence-corrected chi connectivity index (χ3v) is 9.82. The second-order valence-corrected chi connectivity index (χ2v) is 13.0. The van der Waals surface area contributed by atoms with Crippen LogP contribution >= 0.6 is 0 Å². The van der Waals surface area contributed by atoms with Gasteiger partial charge in [0, 0.05) is 5.92 Å². The lowest BCUT2D eigenvalue weighted by molar-refractivity contribution is -0.144. The van der Waals surface area contributed by atoms with Crippen LogP contribution in [0.5, 0.6) is 5.75 Å². The number of nitrogens with two attached hydrogens (primary N) is 1. The van der Waals surface area contributed by atoms with Gasteiger partial charge in [-0.3, -0.25) is 9.69 Å². The third-order valence-electron chi connectivity index (χ3n) is 9.82. The number of benzene rings is 6. The first kappa shape index (κ1) is 37.5. The zero-order valence-electron chi connectivity index (χ0n) is 29.3. The van der Waals surface area contributed by atoms with Crippen LogP contribution in [0.1, 0.15) is 40.2 Å². The second kappa shape index (κ2) is 15.5. The number of rotatable bonds is 11. The highest BCUT2D eigenvalue weighted by Gasteiger charge is 2.52. The van der Waals surface area contributed by atoms with E-state index in [1.54, 1.807) is 91.0 Å². The SMILES string of the molecule is NC(=O)C[C@@H](C(=O)Oc1c(F)c(F)c(F)c(F)c1F)N(C(=O)OCC1c2ccccc2-c2ccccc21)C(c1ccccc1)(c1ccccc1)c1ccccc1. The highest BCUT2D eigenvalue weighted by Crippen LogP contribution is 2.47. The van der Waals surface area contributed by atoms with Gasteiger partial charge >= 0.3 is 12.1 Å². The first-order valence-electron chi connectivity index (χ1n) is 17.4. The monoisotopic (exact) mass is 762 g/mol. The van der Waals surface area contributed by atoms with Crippen molar-refractivity contribution in [2.75, 3.05) is 6.61 Å². The Morgan fingerprint density at radius 2 is 0.982 bits per heavy atom. The van der Waals surface area contributed by atoms with Gasteiger partial charge in [-0.15, -0.1) is 0 Å². The summed E-state index contributed by atoms with van der Waals surface area (Å²) in [7, 11) is 0. The van der Waals surface area contributed by atoms with Gasteiger partial charge in [-0.05, 0) is 38.9 Å². The van der Waals surface area contributed by atoms with Crippen LogP contribution in [-0.4, -0.2) is 35.5 Å². The minimum atomic E-state index is -2.48. The van der Waals surface area contributed by atoms with Crippen LogP contribution in [0.25, 0.3) is 11.1 Å². The van der Waals surface area contributed by atoms with Gasteiger partial charge in [0.15, 0.2) is 0 Å². The van der Waals surface area contributed by atoms with Gasteiger partial charge in [-0.25, -0.2) is 22.8 Å². The molecule has 0 saturated heterocycles. The summed E-state index contributed by atoms with van der Waals surface area (Å²) in [6.45, 7) is -0.284. The van der Waals surface area contributed by atoms with Crippen molar-refractivity contribution in [2.45, 2.75) is 23.9 Å². The molecule has 0 radical (unpaired) electrons. The maximum Gasteiger partial charge on any atom is 0.411 e. The largest absolute Gasteiger partial charge is 0.448 e. The zero-order chi connectivity index (χ0) is 39.6. The molecule has 6 aromatic rings. The number of hydrogen-bond acceptors (Lipinski definition) is 5. The second-order valence-electron chi connectivity index (χ2n) is 13.0. The number of fused-ring (bicyclic) bond motifs is 3. The molecule has 0 saturated carbocycles. The first-order valence-corrected chi connectivity index (χ1v) is 17.4. The summed E-state index contributed by atoms with van der Waals surface area (Å²) in [5.41, 5.74) is 8.39. The Morgan fingerprint density at radius 1 is 0.589 bits per heavy atom. The molecule has 1 aliphatic rings. The summed E-state index contributed by atoms with van der Waals surface area (Å²) >= 11 is 0. The molecule has 0 unspecified atom stereocenters. The summed E-state index contributed by atoms with van der Waals surface area (Å²) in [5, 5.41) is 0. The van der Waals surface area contributed by atoms with Gasteiger partial charge in [-0.1, -0.05) is 140 Å². The summed E-state index contributed by atoms with van der Waals surface area (Å²) in [6.07, 6.45) is -2.24. The summed E-state index contributed by atoms with van der Waals surface area (Å²) in [6, 6.07) is 38.0. The summed E-state index contributed by atoms with van der Waals surface area (Å²) in [5.74, 6) is -17.5. The van der Waals surface area contributed by atoms with Crippen LogP contribution < -0.4 is 10.5 Å². The molecular weight excluding hydrogens is 731 g/mol. The van der Waals surface area contributed by atoms with E-state index in [2.05, 4.69) is 0 Å². The Hall–Kier alpha value is -6.82. The maximum absolute atomic E-state index is 15.2. The van der Waals surface area contributed by atoms with Crippen molar-refractivity contribution in [3.05, 3.63) is 196 Å². The van der Waals surface area contributed by atoms with Crippen molar-refractivity contribution in [1.29, 1.82) is 0 Å². The number of amides is 2. The van der Waals surface area contributed by atoms with Crippen LogP contribution in [-0.2, 0) is 19.9 Å². The van der Waals surface area contributed by atoms with Crippen molar-refractivity contribution >= 4 is 18.0 Å². The van der Waals surface area contributed by atoms with Gasteiger partial charge in [0.2, 0.25) is 40.7 Å². The molecule has 1 aliphatic carbocycles. The molecule has 12 heteroatoms. The van der Waals surface area contributed by atoms with E-state index in [-0.39, 0.29) is 6.61 Å². The van der Waals surface area contributed by atoms with Crippen molar-refractivity contribution in [3.8, 4) is 16.9 Å². The number of primary amides is 1. The fourth-order valence-corrected chi connectivity index (χ4v) is 7.43. The van der Waals surface area contributed by atoms with Crippen LogP contribution in [0, 0.1) is 29.1 Å². The molecule has 1 atom stereocenters. The van der Waals surface area contributed by atoms with Crippen LogP contribution in [0.15, 0.2) is 140 Å². The number of esters is 1. The summed E-state index contributed by atoms with van der Waals surface area (Å²) < 4.78 is 83.9. The number of nitrogens with zero attached hydrogens (tertiary/aromatic N) is 1. The normalized spacial score (nSPS) is 12.7. The van der Waals surface area contributed by atoms with E-state index in [4.69, 9.17) is 15.2 Å². The molecule has 2 N–H and O–H groups in total. The lowest BCUT2D eigenvalue weighted by atomic mass is 9.74. The van der Waals surface area contributed by atoms with Gasteiger partial charge in [0.25, 0.3) is 0 Å². The Bertz CT molecular complexity index is 2260. The number of carbonyl (C=O) groups is 3. The predicted octanol–water partition coefficient (Wildman–Crippen LogP) is 8.77. The van der Waals surface area contributed by atoms with E-state index >= 15 is 13.6 Å². The van der Waals surface area contributed by atoms with Gasteiger partial charge in [-0.2, -0.15) is 8.78 Å². The van der Waals surface area contributed by atoms with Crippen LogP contribution in [0.3, 0.4) is 0 Å². The zero-order valence-corrected chi connectivity index (χ0v) is 29.3. The van der Waals surface area contributed by atoms with Crippen molar-refractivity contribution in [1.82, 2.24) is 4.90 Å². The van der Waals surface area contributed by atoms with E-state index in [1.165, 1.54) is 0 Å². The average molecular weight is 763 g/mol. The third kappa shape index (κ3) is 6.52. The highest BCUT2D eigenvalue weighted by molar-refractivity contribution is 5.90. The molecular formula is C44H31F5N2O5. The first-order chi connectivity index (χ1) is 27.0. The maximum atomic E-state index is 15.2. The molecule has 56 heavy (non-hydrogen) atoms. The molecule has 0 spiro atoms. The lowest BCUT2D eigenvalue weighted by Gasteiger charge is -2.47. The number of ether oxygens (including phenoxy) is 2. The average Bonchev–Trinajstić information content (AvgIpc) is 3.55. The minimum Gasteiger partial charge on any atom is -0.448 e. The standard InChI is InChI=1S/C44H31F5N2O5/c45-36-37(46)39(48)41(40(49)38(36)47)56-42(53)34(24-35(50)52)51(43(54)55-25-33-31-22-12-10-20-29(31)30-21-11-13-23-32(30)33)44(26-14-4-1-5-15-26,27-16-6-2-7-17-27)28-18-8-3-9-19-28/h1-23,33-34H,24-25H2,(H2,50,52)/t34-/m0/s1. The Kier molecular flexibility index (Phi) is 10.4. The molecule has 2 amide bonds. The van der Waals surface area contributed by atoms with E-state index in [0.29, 0.717) is 16.7 Å². The van der Waals surface area contributed by atoms with Gasteiger partial charge in [0.1, 0.15) is 18.2 Å². The molecule has 7 rings (SSSR count). The Balaban J connectivity index is 1.44. The van der Waals surface area contributed by atoms with Gasteiger partial charge in [0.05, 0.1) is 6.42 Å². The fraction of sp³-hybridized carbons (Fsp3) is 0.114. The van der Waals surface area contributed by atoms with Gasteiger partial charge < -0.3 is 15.2 Å². The van der Waals surface area contributed by atoms with Crippen molar-refractivity contribution in [3.63, 3.8) is 0 Å². The highest BCUT2D eigenvalue weighted by atomic mass is 19.2. The topological polar surface area (TPSA) is 98.9 Å². The minimum absolute atomic E-state index is 0.284. The molecule has 6 aromatic carbocycles. The number of halogens is 5. The fourth-order valence-electron chi connectivity index (χ4n) is 7.43. The van der Waals surface area contributed by atoms with Crippen molar-refractivity contribution < 1.29 is 45.8 Å². The van der Waals surface area contributed by atoms with E-state index in [9.17, 15) is 22.8 Å². The number of carbonyl (C=O) groups excluding carboxylic acids is 3. The van der Waals surface area contributed by atoms with E-state index in [0.717, 1.165) is 27.2 Å².